The summed E-state index contributed by atoms with van der Waals surface area (Å²) in [4.78, 5) is 30.1. The number of rotatable bonds is 4. The van der Waals surface area contributed by atoms with E-state index in [0.29, 0.717) is 15.8 Å². The van der Waals surface area contributed by atoms with Crippen LogP contribution < -0.4 is 4.74 Å². The number of carbonyl (C=O) groups is 2. The van der Waals surface area contributed by atoms with Gasteiger partial charge in [-0.1, -0.05) is 0 Å². The molecule has 1 fully saturated rings. The number of amides is 1. The summed E-state index contributed by atoms with van der Waals surface area (Å²) in [5, 5.41) is 9.51. The lowest BCUT2D eigenvalue weighted by atomic mass is 10.2. The molecule has 0 radical (unpaired) electrons. The summed E-state index contributed by atoms with van der Waals surface area (Å²) in [6.45, 7) is 0. The first-order valence-electron chi connectivity index (χ1n) is 7.93. The molecule has 0 atom stereocenters. The molecular weight excluding hydrogens is 606 g/mol. The van der Waals surface area contributed by atoms with Gasteiger partial charge < -0.3 is 9.84 Å². The van der Waals surface area contributed by atoms with Gasteiger partial charge in [0.05, 0.1) is 26.8 Å². The number of methoxy groups -OCH3 is 1. The highest BCUT2D eigenvalue weighted by Gasteiger charge is 2.30. The van der Waals surface area contributed by atoms with Gasteiger partial charge in [-0.25, -0.2) is 9.79 Å². The monoisotopic (exact) mass is 620 g/mol. The third kappa shape index (κ3) is 4.51. The molecule has 1 amide bonds. The molecule has 2 aromatic carbocycles. The maximum absolute atomic E-state index is 12.7. The highest BCUT2D eigenvalue weighted by Crippen LogP contribution is 2.36. The van der Waals surface area contributed by atoms with Crippen molar-refractivity contribution in [3.8, 4) is 5.75 Å². The van der Waals surface area contributed by atoms with E-state index in [1.54, 1.807) is 26.3 Å². The number of likely N-dealkylation sites (N-methyl/N-ethyl adjacent to an activating group) is 1. The van der Waals surface area contributed by atoms with E-state index in [1.807, 2.05) is 18.2 Å². The lowest BCUT2D eigenvalue weighted by molar-refractivity contribution is -0.121. The van der Waals surface area contributed by atoms with Gasteiger partial charge in [0, 0.05) is 16.2 Å². The fraction of sp³-hybridized carbons (Fsp3) is 0.105. The Bertz CT molecular complexity index is 1020. The van der Waals surface area contributed by atoms with Gasteiger partial charge in [-0.05, 0) is 99.4 Å². The minimum atomic E-state index is -0.993. The molecule has 1 aliphatic heterocycles. The molecular formula is C19H14I2N2O4S. The Morgan fingerprint density at radius 3 is 2.54 bits per heavy atom. The fourth-order valence-electron chi connectivity index (χ4n) is 2.48. The van der Waals surface area contributed by atoms with E-state index >= 15 is 0 Å². The molecule has 3 rings (SSSR count). The molecule has 9 heteroatoms. The first-order valence-corrected chi connectivity index (χ1v) is 10.9. The van der Waals surface area contributed by atoms with Crippen molar-refractivity contribution >= 4 is 85.8 Å². The average molecular weight is 620 g/mol. The molecule has 0 aromatic heterocycles. The van der Waals surface area contributed by atoms with Crippen LogP contribution >= 0.6 is 56.9 Å². The van der Waals surface area contributed by atoms with Crippen LogP contribution in [0.2, 0.25) is 0 Å². The van der Waals surface area contributed by atoms with Crippen molar-refractivity contribution in [1.29, 1.82) is 0 Å². The molecule has 1 heterocycles. The van der Waals surface area contributed by atoms with Gasteiger partial charge in [-0.3, -0.25) is 9.69 Å². The smallest absolute Gasteiger partial charge is 0.335 e. The van der Waals surface area contributed by atoms with Crippen molar-refractivity contribution in [1.82, 2.24) is 4.90 Å². The van der Waals surface area contributed by atoms with Gasteiger partial charge in [0.15, 0.2) is 5.17 Å². The Hall–Kier alpha value is -1.60. The highest BCUT2D eigenvalue weighted by molar-refractivity contribution is 14.1. The van der Waals surface area contributed by atoms with Crippen LogP contribution in [0, 0.1) is 7.14 Å². The molecule has 0 bridgehead atoms. The van der Waals surface area contributed by atoms with Crippen LogP contribution in [0.3, 0.4) is 0 Å². The summed E-state index contributed by atoms with van der Waals surface area (Å²) in [7, 11) is 3.27. The van der Waals surface area contributed by atoms with Crippen LogP contribution in [0.15, 0.2) is 46.3 Å². The molecule has 0 spiro atoms. The Labute approximate surface area is 193 Å². The molecule has 1 N–H and O–H groups in total. The normalized spacial score (nSPS) is 16.9. The second-order valence-electron chi connectivity index (χ2n) is 5.73. The molecule has 6 nitrogen and oxygen atoms in total. The lowest BCUT2D eigenvalue weighted by Gasteiger charge is -2.09. The minimum Gasteiger partial charge on any atom is -0.495 e. The minimum absolute atomic E-state index is 0.151. The highest BCUT2D eigenvalue weighted by atomic mass is 127. The summed E-state index contributed by atoms with van der Waals surface area (Å²) in [6, 6.07) is 10.2. The van der Waals surface area contributed by atoms with Gasteiger partial charge in [0.25, 0.3) is 5.91 Å². The van der Waals surface area contributed by atoms with Crippen molar-refractivity contribution < 1.29 is 19.4 Å². The predicted octanol–water partition coefficient (Wildman–Crippen LogP) is 4.84. The number of benzene rings is 2. The zero-order valence-corrected chi connectivity index (χ0v) is 19.9. The molecule has 1 aliphatic rings. The van der Waals surface area contributed by atoms with Crippen molar-refractivity contribution in [2.24, 2.45) is 4.99 Å². The third-order valence-corrected chi connectivity index (χ3v) is 6.35. The summed E-state index contributed by atoms with van der Waals surface area (Å²) in [6.07, 6.45) is 1.81. The number of carbonyl (C=O) groups excluding carboxylic acids is 1. The van der Waals surface area contributed by atoms with Crippen LogP contribution in [0.1, 0.15) is 15.9 Å². The van der Waals surface area contributed by atoms with E-state index in [-0.39, 0.29) is 11.5 Å². The van der Waals surface area contributed by atoms with E-state index < -0.39 is 5.97 Å². The number of ether oxygens (including phenoxy) is 1. The second-order valence-corrected chi connectivity index (χ2v) is 9.15. The summed E-state index contributed by atoms with van der Waals surface area (Å²) < 4.78 is 7.50. The number of hydrogen-bond acceptors (Lipinski definition) is 5. The third-order valence-electron chi connectivity index (χ3n) is 3.87. The summed E-state index contributed by atoms with van der Waals surface area (Å²) >= 11 is 5.70. The van der Waals surface area contributed by atoms with Crippen molar-refractivity contribution in [2.45, 2.75) is 0 Å². The molecule has 0 saturated carbocycles. The largest absolute Gasteiger partial charge is 0.495 e. The van der Waals surface area contributed by atoms with Crippen LogP contribution in [0.25, 0.3) is 6.08 Å². The summed E-state index contributed by atoms with van der Waals surface area (Å²) in [5.41, 5.74) is 1.60. The van der Waals surface area contributed by atoms with E-state index in [0.717, 1.165) is 18.5 Å². The zero-order valence-electron chi connectivity index (χ0n) is 14.8. The van der Waals surface area contributed by atoms with Gasteiger partial charge in [-0.2, -0.15) is 0 Å². The number of hydrogen-bond donors (Lipinski definition) is 1. The molecule has 2 aromatic rings. The number of carboxylic acids is 1. The molecule has 144 valence electrons. The van der Waals surface area contributed by atoms with Gasteiger partial charge in [0.2, 0.25) is 0 Å². The summed E-state index contributed by atoms with van der Waals surface area (Å²) in [5.74, 6) is -0.422. The van der Waals surface area contributed by atoms with Gasteiger partial charge >= 0.3 is 5.97 Å². The lowest BCUT2D eigenvalue weighted by Crippen LogP contribution is -2.23. The number of thioether (sulfide) groups is 1. The van der Waals surface area contributed by atoms with Gasteiger partial charge in [-0.15, -0.1) is 0 Å². The quantitative estimate of drug-likeness (QED) is 0.392. The van der Waals surface area contributed by atoms with E-state index in [4.69, 9.17) is 9.84 Å². The Morgan fingerprint density at radius 1 is 1.25 bits per heavy atom. The number of amidine groups is 1. The predicted molar refractivity (Wildman–Crippen MR) is 127 cm³/mol. The number of aromatic carboxylic acids is 1. The number of nitrogens with zero attached hydrogens (tertiary/aromatic N) is 2. The second kappa shape index (κ2) is 8.82. The molecule has 28 heavy (non-hydrogen) atoms. The van der Waals surface area contributed by atoms with Crippen molar-refractivity contribution in [3.63, 3.8) is 0 Å². The molecule has 0 aliphatic carbocycles. The zero-order chi connectivity index (χ0) is 20.4. The number of carboxylic acid groups (broad SMARTS) is 1. The number of aliphatic imine (C=N–C) groups is 1. The number of halogens is 2. The van der Waals surface area contributed by atoms with Crippen LogP contribution in [0.4, 0.5) is 5.69 Å². The van der Waals surface area contributed by atoms with E-state index in [1.165, 1.54) is 28.8 Å². The standard InChI is InChI=1S/C19H14I2N2O4S/c1-23-17(24)15(8-11-7-12(20)9-14(21)16(11)27-2)28-19(23)22-13-5-3-10(4-6-13)18(25)26/h3-9H,1-2H3,(H,25,26)/b15-8-,22-19?. The average Bonchev–Trinajstić information content (AvgIpc) is 2.90. The Balaban J connectivity index is 1.93. The van der Waals surface area contributed by atoms with Crippen LogP contribution in [-0.2, 0) is 4.79 Å². The van der Waals surface area contributed by atoms with Crippen molar-refractivity contribution in [3.05, 3.63) is 59.6 Å². The fourth-order valence-corrected chi connectivity index (χ4v) is 5.57. The Kier molecular flexibility index (Phi) is 6.65. The molecule has 1 saturated heterocycles. The first-order chi connectivity index (χ1) is 13.3. The van der Waals surface area contributed by atoms with E-state index in [9.17, 15) is 9.59 Å². The van der Waals surface area contributed by atoms with E-state index in [2.05, 4.69) is 50.2 Å². The van der Waals surface area contributed by atoms with Crippen LogP contribution in [-0.4, -0.2) is 41.2 Å². The Morgan fingerprint density at radius 2 is 1.93 bits per heavy atom. The maximum Gasteiger partial charge on any atom is 0.335 e. The van der Waals surface area contributed by atoms with Crippen molar-refractivity contribution in [2.75, 3.05) is 14.2 Å². The maximum atomic E-state index is 12.7. The van der Waals surface area contributed by atoms with Crippen LogP contribution in [0.5, 0.6) is 5.75 Å². The molecule has 0 unspecified atom stereocenters. The topological polar surface area (TPSA) is 79.2 Å². The van der Waals surface area contributed by atoms with Gasteiger partial charge in [0.1, 0.15) is 5.75 Å². The SMILES string of the molecule is COc1c(I)cc(I)cc1/C=C1\SC(=Nc2ccc(C(=O)O)cc2)N(C)C1=O. The first kappa shape index (κ1) is 21.1.